The van der Waals surface area contributed by atoms with Gasteiger partial charge in [-0.3, -0.25) is 9.59 Å². The van der Waals surface area contributed by atoms with Crippen molar-refractivity contribution < 1.29 is 14.3 Å². The molecule has 5 nitrogen and oxygen atoms in total. The third-order valence-corrected chi connectivity index (χ3v) is 3.21. The number of nitrogens with zero attached hydrogens (tertiary/aromatic N) is 1. The van der Waals surface area contributed by atoms with Crippen molar-refractivity contribution in [2.24, 2.45) is 0 Å². The smallest absolute Gasteiger partial charge is 0.325 e. The molecule has 1 amide bonds. The maximum Gasteiger partial charge on any atom is 0.325 e. The van der Waals surface area contributed by atoms with Gasteiger partial charge >= 0.3 is 5.97 Å². The highest BCUT2D eigenvalue weighted by Gasteiger charge is 2.19. The largest absolute Gasteiger partial charge is 0.465 e. The van der Waals surface area contributed by atoms with Gasteiger partial charge in [0.2, 0.25) is 0 Å². The van der Waals surface area contributed by atoms with Crippen molar-refractivity contribution in [1.82, 2.24) is 9.88 Å². The van der Waals surface area contributed by atoms with Crippen molar-refractivity contribution in [3.05, 3.63) is 36.0 Å². The van der Waals surface area contributed by atoms with Gasteiger partial charge in [-0.05, 0) is 37.6 Å². The van der Waals surface area contributed by atoms with Crippen molar-refractivity contribution >= 4 is 22.8 Å². The van der Waals surface area contributed by atoms with Crippen LogP contribution in [-0.2, 0) is 9.53 Å². The number of fused-ring (bicyclic) bond motifs is 1. The number of rotatable bonds is 6. The number of nitrogens with one attached hydrogen (secondary N) is 1. The lowest BCUT2D eigenvalue weighted by atomic mass is 10.1. The molecule has 0 unspecified atom stereocenters. The van der Waals surface area contributed by atoms with Gasteiger partial charge in [0.25, 0.3) is 5.91 Å². The van der Waals surface area contributed by atoms with Gasteiger partial charge in [0.1, 0.15) is 6.54 Å². The molecule has 0 radical (unpaired) electrons. The topological polar surface area (TPSA) is 62.4 Å². The summed E-state index contributed by atoms with van der Waals surface area (Å²) < 4.78 is 4.92. The fourth-order valence-electron chi connectivity index (χ4n) is 2.25. The average molecular weight is 288 g/mol. The highest BCUT2D eigenvalue weighted by molar-refractivity contribution is 5.99. The molecule has 0 aliphatic rings. The summed E-state index contributed by atoms with van der Waals surface area (Å²) in [7, 11) is 0. The van der Waals surface area contributed by atoms with Crippen LogP contribution in [0.3, 0.4) is 0 Å². The van der Waals surface area contributed by atoms with Gasteiger partial charge in [0, 0.05) is 29.2 Å². The van der Waals surface area contributed by atoms with Crippen LogP contribution in [-0.4, -0.2) is 41.5 Å². The summed E-state index contributed by atoms with van der Waals surface area (Å²) in [6, 6.07) is 7.40. The molecule has 0 fully saturated rings. The van der Waals surface area contributed by atoms with Crippen LogP contribution in [0, 0.1) is 0 Å². The number of aromatic nitrogens is 1. The first kappa shape index (κ1) is 15.1. The van der Waals surface area contributed by atoms with E-state index in [9.17, 15) is 9.59 Å². The Hall–Kier alpha value is -2.30. The van der Waals surface area contributed by atoms with Gasteiger partial charge in [-0.1, -0.05) is 6.92 Å². The Morgan fingerprint density at radius 3 is 2.76 bits per heavy atom. The molecule has 1 N–H and O–H groups in total. The molecule has 112 valence electrons. The highest BCUT2D eigenvalue weighted by Crippen LogP contribution is 2.16. The van der Waals surface area contributed by atoms with Crippen LogP contribution < -0.4 is 0 Å². The van der Waals surface area contributed by atoms with Gasteiger partial charge in [-0.15, -0.1) is 0 Å². The highest BCUT2D eigenvalue weighted by atomic mass is 16.5. The second-order valence-electron chi connectivity index (χ2n) is 4.81. The third kappa shape index (κ3) is 3.62. The lowest BCUT2D eigenvalue weighted by Gasteiger charge is -2.21. The molecule has 0 atom stereocenters. The van der Waals surface area contributed by atoms with Crippen LogP contribution >= 0.6 is 0 Å². The number of hydrogen-bond donors (Lipinski definition) is 1. The van der Waals surface area contributed by atoms with E-state index in [1.807, 2.05) is 31.3 Å². The lowest BCUT2D eigenvalue weighted by molar-refractivity contribution is -0.143. The SMILES string of the molecule is CCCN(CC(=O)OCC)C(=O)c1ccc2[nH]ccc2c1. The number of esters is 1. The fraction of sp³-hybridized carbons (Fsp3) is 0.375. The summed E-state index contributed by atoms with van der Waals surface area (Å²) in [6.07, 6.45) is 2.62. The number of carbonyl (C=O) groups is 2. The van der Waals surface area contributed by atoms with E-state index in [4.69, 9.17) is 4.74 Å². The predicted octanol–water partition coefficient (Wildman–Crippen LogP) is 2.58. The van der Waals surface area contributed by atoms with Gasteiger partial charge in [-0.2, -0.15) is 0 Å². The summed E-state index contributed by atoms with van der Waals surface area (Å²) in [4.78, 5) is 28.8. The summed E-state index contributed by atoms with van der Waals surface area (Å²) >= 11 is 0. The summed E-state index contributed by atoms with van der Waals surface area (Å²) in [5.74, 6) is -0.518. The van der Waals surface area contributed by atoms with E-state index in [0.29, 0.717) is 18.7 Å². The number of aromatic amines is 1. The first-order valence-corrected chi connectivity index (χ1v) is 7.17. The minimum Gasteiger partial charge on any atom is -0.465 e. The molecule has 1 heterocycles. The zero-order valence-corrected chi connectivity index (χ0v) is 12.4. The summed E-state index contributed by atoms with van der Waals surface area (Å²) in [5.41, 5.74) is 1.57. The van der Waals surface area contributed by atoms with Gasteiger partial charge < -0.3 is 14.6 Å². The van der Waals surface area contributed by atoms with Crippen LogP contribution in [0.4, 0.5) is 0 Å². The van der Waals surface area contributed by atoms with Crippen LogP contribution in [0.2, 0.25) is 0 Å². The number of hydrogen-bond acceptors (Lipinski definition) is 3. The zero-order valence-electron chi connectivity index (χ0n) is 12.4. The van der Waals surface area contributed by atoms with Crippen molar-refractivity contribution in [1.29, 1.82) is 0 Å². The molecular formula is C16H20N2O3. The van der Waals surface area contributed by atoms with Gasteiger partial charge in [0.15, 0.2) is 0 Å². The fourth-order valence-corrected chi connectivity index (χ4v) is 2.25. The normalized spacial score (nSPS) is 10.6. The molecule has 0 bridgehead atoms. The van der Waals surface area contributed by atoms with Crippen LogP contribution in [0.5, 0.6) is 0 Å². The molecule has 0 aliphatic heterocycles. The molecule has 1 aromatic carbocycles. The Bertz CT molecular complexity index is 633. The van der Waals surface area contributed by atoms with Crippen LogP contribution in [0.15, 0.2) is 30.5 Å². The predicted molar refractivity (Wildman–Crippen MR) is 81.1 cm³/mol. The van der Waals surface area contributed by atoms with Crippen LogP contribution in [0.1, 0.15) is 30.6 Å². The maximum atomic E-state index is 12.5. The van der Waals surface area contributed by atoms with Crippen molar-refractivity contribution in [2.75, 3.05) is 19.7 Å². The van der Waals surface area contributed by atoms with E-state index >= 15 is 0 Å². The zero-order chi connectivity index (χ0) is 15.2. The molecule has 0 saturated carbocycles. The van der Waals surface area contributed by atoms with Gasteiger partial charge in [0.05, 0.1) is 6.61 Å². The Kier molecular flexibility index (Phi) is 4.98. The quantitative estimate of drug-likeness (QED) is 0.831. The van der Waals surface area contributed by atoms with E-state index in [1.54, 1.807) is 13.0 Å². The number of ether oxygens (including phenoxy) is 1. The Balaban J connectivity index is 2.18. The lowest BCUT2D eigenvalue weighted by Crippen LogP contribution is -2.37. The van der Waals surface area contributed by atoms with Crippen LogP contribution in [0.25, 0.3) is 10.9 Å². The summed E-state index contributed by atoms with van der Waals surface area (Å²) in [6.45, 7) is 4.57. The second-order valence-corrected chi connectivity index (χ2v) is 4.81. The number of carbonyl (C=O) groups excluding carboxylic acids is 2. The van der Waals surface area contributed by atoms with Crippen molar-refractivity contribution in [3.8, 4) is 0 Å². The Labute approximate surface area is 123 Å². The first-order valence-electron chi connectivity index (χ1n) is 7.17. The standard InChI is InChI=1S/C16H20N2O3/c1-3-9-18(11-15(19)21-4-2)16(20)13-5-6-14-12(10-13)7-8-17-14/h5-8,10,17H,3-4,9,11H2,1-2H3. The minimum atomic E-state index is -0.373. The minimum absolute atomic E-state index is 0.00825. The maximum absolute atomic E-state index is 12.5. The molecule has 2 rings (SSSR count). The van der Waals surface area contributed by atoms with E-state index in [0.717, 1.165) is 17.3 Å². The molecule has 0 spiro atoms. The summed E-state index contributed by atoms with van der Waals surface area (Å²) in [5, 5.41) is 0.980. The van der Waals surface area contributed by atoms with Gasteiger partial charge in [-0.25, -0.2) is 0 Å². The Morgan fingerprint density at radius 2 is 2.05 bits per heavy atom. The van der Waals surface area contributed by atoms with Crippen molar-refractivity contribution in [2.45, 2.75) is 20.3 Å². The average Bonchev–Trinajstić information content (AvgIpc) is 2.93. The number of amides is 1. The third-order valence-electron chi connectivity index (χ3n) is 3.21. The molecule has 5 heteroatoms. The molecule has 1 aromatic heterocycles. The number of benzene rings is 1. The van der Waals surface area contributed by atoms with Crippen molar-refractivity contribution in [3.63, 3.8) is 0 Å². The molecule has 0 saturated heterocycles. The molecule has 0 aliphatic carbocycles. The molecular weight excluding hydrogens is 268 g/mol. The first-order chi connectivity index (χ1) is 10.2. The molecule has 21 heavy (non-hydrogen) atoms. The van der Waals surface area contributed by atoms with E-state index in [-0.39, 0.29) is 18.4 Å². The second kappa shape index (κ2) is 6.92. The van der Waals surface area contributed by atoms with E-state index in [2.05, 4.69) is 4.98 Å². The number of H-pyrrole nitrogens is 1. The van der Waals surface area contributed by atoms with E-state index in [1.165, 1.54) is 4.90 Å². The van der Waals surface area contributed by atoms with E-state index < -0.39 is 0 Å². The monoisotopic (exact) mass is 288 g/mol. The Morgan fingerprint density at radius 1 is 1.24 bits per heavy atom. The molecule has 2 aromatic rings.